The molecule has 1 fully saturated rings. The summed E-state index contributed by atoms with van der Waals surface area (Å²) in [4.78, 5) is 0.145. The molecule has 1 unspecified atom stereocenters. The minimum Gasteiger partial charge on any atom is -0.353 e. The van der Waals surface area contributed by atoms with Crippen molar-refractivity contribution >= 4 is 33.2 Å². The molecule has 0 spiro atoms. The van der Waals surface area contributed by atoms with Crippen LogP contribution in [-0.2, 0) is 17.1 Å². The number of nitrogens with zero attached hydrogens (tertiary/aromatic N) is 2. The highest BCUT2D eigenvalue weighted by Gasteiger charge is 2.37. The second-order valence-corrected chi connectivity index (χ2v) is 8.19. The highest BCUT2D eigenvalue weighted by molar-refractivity contribution is 7.89. The molecule has 2 aromatic rings. The topological polar surface area (TPSA) is 42.3 Å². The van der Waals surface area contributed by atoms with Gasteiger partial charge in [0.1, 0.15) is 0 Å². The van der Waals surface area contributed by atoms with E-state index in [0.717, 1.165) is 18.5 Å². The van der Waals surface area contributed by atoms with Crippen molar-refractivity contribution in [1.82, 2.24) is 8.87 Å². The lowest BCUT2D eigenvalue weighted by molar-refractivity contribution is 0.384. The fourth-order valence-corrected chi connectivity index (χ4v) is 5.35. The molecule has 118 valence electrons. The van der Waals surface area contributed by atoms with E-state index in [1.807, 2.05) is 29.9 Å². The lowest BCUT2D eigenvalue weighted by Crippen LogP contribution is -2.31. The fourth-order valence-electron chi connectivity index (χ4n) is 2.96. The van der Waals surface area contributed by atoms with Crippen molar-refractivity contribution in [3.05, 3.63) is 52.3 Å². The lowest BCUT2D eigenvalue weighted by atomic mass is 10.1. The van der Waals surface area contributed by atoms with Gasteiger partial charge in [0.25, 0.3) is 0 Å². The van der Waals surface area contributed by atoms with E-state index in [9.17, 15) is 8.42 Å². The third-order valence-corrected chi connectivity index (χ3v) is 6.29. The maximum Gasteiger partial charge on any atom is 0.243 e. The average molecular weight is 359 g/mol. The molecule has 0 amide bonds. The maximum absolute atomic E-state index is 13.0. The number of sulfonamides is 1. The van der Waals surface area contributed by atoms with Gasteiger partial charge < -0.3 is 4.57 Å². The van der Waals surface area contributed by atoms with Gasteiger partial charge in [-0.2, -0.15) is 4.31 Å². The summed E-state index contributed by atoms with van der Waals surface area (Å²) in [6.07, 6.45) is 3.57. The molecular weight excluding hydrogens is 343 g/mol. The van der Waals surface area contributed by atoms with Gasteiger partial charge in [0, 0.05) is 35.5 Å². The number of hydrogen-bond donors (Lipinski definition) is 0. The molecule has 3 rings (SSSR count). The zero-order valence-corrected chi connectivity index (χ0v) is 14.4. The van der Waals surface area contributed by atoms with Gasteiger partial charge in [-0.3, -0.25) is 0 Å². The molecule has 0 radical (unpaired) electrons. The molecule has 1 aliphatic heterocycles. The second-order valence-electron chi connectivity index (χ2n) is 5.42. The van der Waals surface area contributed by atoms with E-state index in [1.165, 1.54) is 18.2 Å². The van der Waals surface area contributed by atoms with Crippen LogP contribution in [0.5, 0.6) is 0 Å². The van der Waals surface area contributed by atoms with Gasteiger partial charge >= 0.3 is 0 Å². The van der Waals surface area contributed by atoms with E-state index in [0.29, 0.717) is 16.6 Å². The smallest absolute Gasteiger partial charge is 0.243 e. The Balaban J connectivity index is 2.02. The van der Waals surface area contributed by atoms with Crippen molar-refractivity contribution in [3.63, 3.8) is 0 Å². The Hall–Kier alpha value is -1.01. The minimum atomic E-state index is -3.62. The number of rotatable bonds is 3. The number of halogens is 2. The van der Waals surface area contributed by atoms with Crippen molar-refractivity contribution in [2.24, 2.45) is 7.05 Å². The Bertz CT molecular complexity index is 781. The molecule has 1 aromatic carbocycles. The van der Waals surface area contributed by atoms with Gasteiger partial charge in [0.15, 0.2) is 0 Å². The van der Waals surface area contributed by atoms with Gasteiger partial charge in [-0.05, 0) is 43.2 Å². The highest BCUT2D eigenvalue weighted by atomic mass is 35.5. The fraction of sp³-hybridized carbons (Fsp3) is 0.333. The molecule has 0 N–H and O–H groups in total. The summed E-state index contributed by atoms with van der Waals surface area (Å²) >= 11 is 11.9. The van der Waals surface area contributed by atoms with Gasteiger partial charge in [0.05, 0.1) is 10.9 Å². The van der Waals surface area contributed by atoms with Crippen LogP contribution in [0.2, 0.25) is 10.0 Å². The van der Waals surface area contributed by atoms with Gasteiger partial charge in [-0.1, -0.05) is 23.2 Å². The summed E-state index contributed by atoms with van der Waals surface area (Å²) in [5, 5.41) is 0.640. The van der Waals surface area contributed by atoms with Crippen molar-refractivity contribution in [1.29, 1.82) is 0 Å². The van der Waals surface area contributed by atoms with E-state index in [2.05, 4.69) is 0 Å². The largest absolute Gasteiger partial charge is 0.353 e. The van der Waals surface area contributed by atoms with E-state index >= 15 is 0 Å². The highest BCUT2D eigenvalue weighted by Crippen LogP contribution is 2.37. The molecule has 22 heavy (non-hydrogen) atoms. The van der Waals surface area contributed by atoms with Crippen LogP contribution in [0.25, 0.3) is 0 Å². The Kier molecular flexibility index (Phi) is 4.25. The van der Waals surface area contributed by atoms with Gasteiger partial charge in [-0.15, -0.1) is 0 Å². The quantitative estimate of drug-likeness (QED) is 0.835. The second kappa shape index (κ2) is 5.89. The van der Waals surface area contributed by atoms with Crippen LogP contribution in [0, 0.1) is 0 Å². The lowest BCUT2D eigenvalue weighted by Gasteiger charge is -2.25. The van der Waals surface area contributed by atoms with E-state index in [-0.39, 0.29) is 10.9 Å². The first kappa shape index (κ1) is 15.9. The summed E-state index contributed by atoms with van der Waals surface area (Å²) in [7, 11) is -1.70. The third kappa shape index (κ3) is 2.78. The number of aromatic nitrogens is 1. The monoisotopic (exact) mass is 358 g/mol. The average Bonchev–Trinajstić information content (AvgIpc) is 3.05. The van der Waals surface area contributed by atoms with Crippen LogP contribution < -0.4 is 0 Å². The number of benzene rings is 1. The standard InChI is InChI=1S/C15H16Cl2N2O2S/c1-18-6-2-4-14(18)15-5-3-7-19(15)22(20,21)13-9-11(16)8-12(17)10-13/h2,4,6,8-10,15H,3,5,7H2,1H3. The Morgan fingerprint density at radius 3 is 2.45 bits per heavy atom. The van der Waals surface area contributed by atoms with Crippen LogP contribution in [0.1, 0.15) is 24.6 Å². The third-order valence-electron chi connectivity index (χ3n) is 3.97. The molecule has 0 bridgehead atoms. The van der Waals surface area contributed by atoms with Crippen LogP contribution in [0.4, 0.5) is 0 Å². The molecular formula is C15H16Cl2N2O2S. The van der Waals surface area contributed by atoms with E-state index in [4.69, 9.17) is 23.2 Å². The minimum absolute atomic E-state index is 0.145. The Labute approximate surface area is 140 Å². The maximum atomic E-state index is 13.0. The molecule has 1 saturated heterocycles. The van der Waals surface area contributed by atoms with Gasteiger partial charge in [0.2, 0.25) is 10.0 Å². The molecule has 1 atom stereocenters. The van der Waals surface area contributed by atoms with Crippen LogP contribution in [-0.4, -0.2) is 23.8 Å². The van der Waals surface area contributed by atoms with Crippen LogP contribution >= 0.6 is 23.2 Å². The number of aryl methyl sites for hydroxylation is 1. The molecule has 7 heteroatoms. The number of hydrogen-bond acceptors (Lipinski definition) is 2. The normalized spacial score (nSPS) is 19.7. The van der Waals surface area contributed by atoms with E-state index in [1.54, 1.807) is 4.31 Å². The summed E-state index contributed by atoms with van der Waals surface area (Å²) in [6, 6.07) is 8.16. The first-order valence-electron chi connectivity index (χ1n) is 6.99. The zero-order valence-electron chi connectivity index (χ0n) is 12.0. The van der Waals surface area contributed by atoms with Crippen molar-refractivity contribution in [2.75, 3.05) is 6.54 Å². The first-order valence-corrected chi connectivity index (χ1v) is 9.18. The molecule has 0 saturated carbocycles. The Morgan fingerprint density at radius 1 is 1.18 bits per heavy atom. The summed E-state index contributed by atoms with van der Waals surface area (Å²) < 4.78 is 29.4. The summed E-state index contributed by atoms with van der Waals surface area (Å²) in [6.45, 7) is 0.502. The zero-order chi connectivity index (χ0) is 15.9. The van der Waals surface area contributed by atoms with Crippen molar-refractivity contribution in [2.45, 2.75) is 23.8 Å². The Morgan fingerprint density at radius 2 is 1.86 bits per heavy atom. The molecule has 0 aliphatic carbocycles. The summed E-state index contributed by atoms with van der Waals surface area (Å²) in [5.74, 6) is 0. The first-order chi connectivity index (χ1) is 10.4. The molecule has 4 nitrogen and oxygen atoms in total. The predicted octanol–water partition coefficient (Wildman–Crippen LogP) is 3.86. The van der Waals surface area contributed by atoms with Gasteiger partial charge in [-0.25, -0.2) is 8.42 Å². The van der Waals surface area contributed by atoms with Crippen molar-refractivity contribution < 1.29 is 8.42 Å². The summed E-state index contributed by atoms with van der Waals surface area (Å²) in [5.41, 5.74) is 0.995. The predicted molar refractivity (Wildman–Crippen MR) is 87.7 cm³/mol. The SMILES string of the molecule is Cn1cccc1C1CCCN1S(=O)(=O)c1cc(Cl)cc(Cl)c1. The van der Waals surface area contributed by atoms with Crippen LogP contribution in [0.15, 0.2) is 41.4 Å². The molecule has 1 aromatic heterocycles. The molecule has 2 heterocycles. The molecule has 1 aliphatic rings. The van der Waals surface area contributed by atoms with Crippen LogP contribution in [0.3, 0.4) is 0 Å². The van der Waals surface area contributed by atoms with Crippen molar-refractivity contribution in [3.8, 4) is 0 Å². The van der Waals surface area contributed by atoms with E-state index < -0.39 is 10.0 Å².